The fraction of sp³-hybridized carbons (Fsp3) is 0. The van der Waals surface area contributed by atoms with Gasteiger partial charge < -0.3 is 0 Å². The molecule has 8 aromatic rings. The predicted molar refractivity (Wildman–Crippen MR) is 168 cm³/mol. The molecule has 40 heavy (non-hydrogen) atoms. The van der Waals surface area contributed by atoms with E-state index in [4.69, 9.17) is 9.97 Å². The predicted octanol–water partition coefficient (Wildman–Crippen LogP) is 9.52. The molecule has 4 heterocycles. The van der Waals surface area contributed by atoms with Gasteiger partial charge in [0.1, 0.15) is 0 Å². The monoisotopic (exact) mass is 548 g/mol. The molecule has 0 fully saturated rings. The van der Waals surface area contributed by atoms with Crippen molar-refractivity contribution in [1.29, 1.82) is 0 Å². The lowest BCUT2D eigenvalue weighted by Crippen LogP contribution is -1.88. The van der Waals surface area contributed by atoms with E-state index in [1.54, 1.807) is 22.7 Å². The van der Waals surface area contributed by atoms with Gasteiger partial charge >= 0.3 is 0 Å². The summed E-state index contributed by atoms with van der Waals surface area (Å²) >= 11 is 3.21. The van der Waals surface area contributed by atoms with Gasteiger partial charge in [0.2, 0.25) is 0 Å². The van der Waals surface area contributed by atoms with Crippen LogP contribution in [0.25, 0.3) is 75.7 Å². The Morgan fingerprint density at radius 1 is 0.400 bits per heavy atom. The van der Waals surface area contributed by atoms with E-state index in [-0.39, 0.29) is 0 Å². The van der Waals surface area contributed by atoms with E-state index < -0.39 is 0 Å². The van der Waals surface area contributed by atoms with E-state index in [0.29, 0.717) is 0 Å². The molecule has 4 aromatic carbocycles. The third kappa shape index (κ3) is 3.88. The molecule has 0 amide bonds. The molecule has 4 nitrogen and oxygen atoms in total. The van der Waals surface area contributed by atoms with Crippen molar-refractivity contribution >= 4 is 55.0 Å². The topological polar surface area (TPSA) is 51.6 Å². The number of thiazole rings is 2. The highest BCUT2D eigenvalue weighted by molar-refractivity contribution is 7.13. The first-order chi connectivity index (χ1) is 19.8. The Bertz CT molecular complexity index is 1960. The maximum Gasteiger partial charge on any atom is 0.0818 e. The van der Waals surface area contributed by atoms with Crippen LogP contribution in [0.2, 0.25) is 0 Å². The largest absolute Gasteiger partial charge is 0.255 e. The van der Waals surface area contributed by atoms with E-state index in [1.165, 1.54) is 32.3 Å². The number of aromatic nitrogens is 4. The van der Waals surface area contributed by atoms with Crippen molar-refractivity contribution < 1.29 is 0 Å². The summed E-state index contributed by atoms with van der Waals surface area (Å²) in [6.07, 6.45) is 7.64. The molecule has 0 unspecified atom stereocenters. The number of benzene rings is 4. The van der Waals surface area contributed by atoms with Crippen LogP contribution in [-0.2, 0) is 0 Å². The van der Waals surface area contributed by atoms with Gasteiger partial charge in [0, 0.05) is 35.9 Å². The molecule has 0 aliphatic rings. The Morgan fingerprint density at radius 3 is 1.25 bits per heavy atom. The van der Waals surface area contributed by atoms with Crippen LogP contribution in [0.15, 0.2) is 121 Å². The van der Waals surface area contributed by atoms with Crippen molar-refractivity contribution in [1.82, 2.24) is 19.9 Å². The molecule has 0 aliphatic heterocycles. The van der Waals surface area contributed by atoms with Gasteiger partial charge in [-0.2, -0.15) is 0 Å². The lowest BCUT2D eigenvalue weighted by atomic mass is 9.90. The second-order valence-corrected chi connectivity index (χ2v) is 11.4. The quantitative estimate of drug-likeness (QED) is 0.206. The van der Waals surface area contributed by atoms with E-state index >= 15 is 0 Å². The van der Waals surface area contributed by atoms with Gasteiger partial charge in [-0.3, -0.25) is 19.9 Å². The summed E-state index contributed by atoms with van der Waals surface area (Å²) < 4.78 is 0. The van der Waals surface area contributed by atoms with Crippen molar-refractivity contribution in [2.45, 2.75) is 0 Å². The number of pyridine rings is 2. The minimum atomic E-state index is 0.952. The molecule has 0 saturated heterocycles. The summed E-state index contributed by atoms with van der Waals surface area (Å²) in [5.74, 6) is 0. The molecule has 0 radical (unpaired) electrons. The van der Waals surface area contributed by atoms with Crippen molar-refractivity contribution in [3.8, 4) is 43.4 Å². The second kappa shape index (κ2) is 9.45. The second-order valence-electron chi connectivity index (χ2n) is 9.66. The summed E-state index contributed by atoms with van der Waals surface area (Å²) in [4.78, 5) is 19.9. The number of hydrogen-bond acceptors (Lipinski definition) is 6. The summed E-state index contributed by atoms with van der Waals surface area (Å²) in [5.41, 5.74) is 10.1. The van der Waals surface area contributed by atoms with Gasteiger partial charge in [-0.15, -0.1) is 22.7 Å². The molecule has 8 rings (SSSR count). The number of hydrogen-bond donors (Lipinski definition) is 0. The van der Waals surface area contributed by atoms with Crippen LogP contribution in [0, 0.1) is 0 Å². The smallest absolute Gasteiger partial charge is 0.0818 e. The molecular weight excluding hydrogens is 529 g/mol. The van der Waals surface area contributed by atoms with E-state index in [9.17, 15) is 0 Å². The first-order valence-corrected chi connectivity index (χ1v) is 14.7. The van der Waals surface area contributed by atoms with Crippen LogP contribution in [0.5, 0.6) is 0 Å². The molecule has 0 spiro atoms. The van der Waals surface area contributed by atoms with Crippen molar-refractivity contribution in [2.24, 2.45) is 0 Å². The zero-order valence-corrected chi connectivity index (χ0v) is 22.8. The van der Waals surface area contributed by atoms with Gasteiger partial charge in [0.25, 0.3) is 0 Å². The van der Waals surface area contributed by atoms with Crippen LogP contribution in [0.4, 0.5) is 0 Å². The highest BCUT2D eigenvalue weighted by Gasteiger charge is 2.12. The average Bonchev–Trinajstić information content (AvgIpc) is 3.77. The lowest BCUT2D eigenvalue weighted by Gasteiger charge is -2.13. The number of nitrogens with zero attached hydrogens (tertiary/aromatic N) is 4. The minimum Gasteiger partial charge on any atom is -0.255 e. The van der Waals surface area contributed by atoms with Crippen LogP contribution >= 0.6 is 22.7 Å². The maximum atomic E-state index is 4.71. The van der Waals surface area contributed by atoms with Gasteiger partial charge in [0.15, 0.2) is 0 Å². The zero-order chi connectivity index (χ0) is 26.5. The van der Waals surface area contributed by atoms with Gasteiger partial charge in [-0.1, -0.05) is 60.7 Å². The normalized spacial score (nSPS) is 11.5. The summed E-state index contributed by atoms with van der Waals surface area (Å²) in [6.45, 7) is 0. The summed E-state index contributed by atoms with van der Waals surface area (Å²) in [5, 5.41) is 7.48. The molecular formula is C34H20N4S2. The Kier molecular flexibility index (Phi) is 5.47. The first kappa shape index (κ1) is 23.1. The number of fused-ring (bicyclic) bond motifs is 6. The van der Waals surface area contributed by atoms with Crippen LogP contribution in [0.3, 0.4) is 0 Å². The Morgan fingerprint density at radius 2 is 0.850 bits per heavy atom. The molecule has 0 aliphatic carbocycles. The van der Waals surface area contributed by atoms with Crippen molar-refractivity contribution in [3.63, 3.8) is 0 Å². The lowest BCUT2D eigenvalue weighted by molar-refractivity contribution is 1.33. The van der Waals surface area contributed by atoms with E-state index in [0.717, 1.165) is 43.4 Å². The third-order valence-electron chi connectivity index (χ3n) is 7.40. The van der Waals surface area contributed by atoms with Crippen LogP contribution in [-0.4, -0.2) is 19.9 Å². The van der Waals surface area contributed by atoms with Crippen molar-refractivity contribution in [3.05, 3.63) is 121 Å². The molecule has 0 N–H and O–H groups in total. The van der Waals surface area contributed by atoms with E-state index in [1.807, 2.05) is 35.8 Å². The average molecular weight is 549 g/mol. The third-order valence-corrected chi connectivity index (χ3v) is 8.99. The van der Waals surface area contributed by atoms with Gasteiger partial charge in [-0.05, 0) is 67.7 Å². The molecule has 188 valence electrons. The molecule has 0 bridgehead atoms. The highest BCUT2D eigenvalue weighted by atomic mass is 32.1. The molecule has 0 saturated carbocycles. The van der Waals surface area contributed by atoms with Crippen LogP contribution < -0.4 is 0 Å². The SMILES string of the molecule is c1ccc2c(c1)c1cc(-c3ccc(-c4cncs4)nc3)ccc1c1ccc(-c3ccc(-c4cncs4)nc3)cc21. The maximum absolute atomic E-state index is 4.71. The molecule has 0 atom stereocenters. The zero-order valence-electron chi connectivity index (χ0n) is 21.2. The summed E-state index contributed by atoms with van der Waals surface area (Å²) in [6, 6.07) is 30.7. The highest BCUT2D eigenvalue weighted by Crippen LogP contribution is 2.39. The van der Waals surface area contributed by atoms with Crippen LogP contribution in [0.1, 0.15) is 0 Å². The Balaban J connectivity index is 1.25. The Labute approximate surface area is 238 Å². The molecule has 6 heteroatoms. The Hall–Kier alpha value is -4.78. The minimum absolute atomic E-state index is 0.952. The first-order valence-electron chi connectivity index (χ1n) is 12.9. The van der Waals surface area contributed by atoms with E-state index in [2.05, 4.69) is 94.9 Å². The summed E-state index contributed by atoms with van der Waals surface area (Å²) in [7, 11) is 0. The standard InChI is InChI=1S/C34H20N4S2/c1-2-4-26-25(3-1)29-13-21(23-7-11-31(37-15-23)33-17-35-19-39-33)5-9-27(29)28-10-6-22(14-30(26)28)24-8-12-32(38-16-24)34-18-36-20-40-34/h1-20H. The van der Waals surface area contributed by atoms with Gasteiger partial charge in [-0.25, -0.2) is 0 Å². The fourth-order valence-electron chi connectivity index (χ4n) is 5.42. The van der Waals surface area contributed by atoms with Crippen molar-refractivity contribution in [2.75, 3.05) is 0 Å². The number of rotatable bonds is 4. The van der Waals surface area contributed by atoms with Gasteiger partial charge in [0.05, 0.1) is 32.2 Å². The molecule has 4 aromatic heterocycles. The fourth-order valence-corrected chi connectivity index (χ4v) is 6.62.